The van der Waals surface area contributed by atoms with Gasteiger partial charge in [0.2, 0.25) is 17.7 Å². The first-order valence-electron chi connectivity index (χ1n) is 4.82. The van der Waals surface area contributed by atoms with Gasteiger partial charge in [0, 0.05) is 11.4 Å². The van der Waals surface area contributed by atoms with E-state index in [1.54, 1.807) is 6.07 Å². The molecule has 0 atom stereocenters. The fraction of sp³-hybridized carbons (Fsp3) is 0.600. The summed E-state index contributed by atoms with van der Waals surface area (Å²) in [4.78, 5) is 8.30. The van der Waals surface area contributed by atoms with Crippen LogP contribution in [0.3, 0.4) is 0 Å². The number of hydrogen-bond donors (Lipinski definition) is 1. The van der Waals surface area contributed by atoms with Crippen LogP contribution >= 0.6 is 11.6 Å². The Labute approximate surface area is 100 Å². The summed E-state index contributed by atoms with van der Waals surface area (Å²) in [5.41, 5.74) is -0.293. The molecular weight excluding hydrogens is 230 g/mol. The van der Waals surface area contributed by atoms with E-state index in [1.807, 2.05) is 13.8 Å². The van der Waals surface area contributed by atoms with Gasteiger partial charge in [0.1, 0.15) is 0 Å². The second-order valence-corrected chi connectivity index (χ2v) is 4.19. The summed E-state index contributed by atoms with van der Waals surface area (Å²) in [6.07, 6.45) is 0. The third-order valence-electron chi connectivity index (χ3n) is 1.88. The average Bonchev–Trinajstić information content (AvgIpc) is 2.28. The van der Waals surface area contributed by atoms with E-state index in [-0.39, 0.29) is 5.54 Å². The standard InChI is InChI=1S/C10H16ClN3O2/c1-10(2,6-11)14-9-12-7(15-3)5-8(13-9)16-4/h5H,6H2,1-4H3,(H,12,13,14). The van der Waals surface area contributed by atoms with Crippen LogP contribution in [0.4, 0.5) is 5.95 Å². The number of rotatable bonds is 5. The van der Waals surface area contributed by atoms with Gasteiger partial charge in [-0.15, -0.1) is 11.6 Å². The van der Waals surface area contributed by atoms with E-state index in [0.717, 1.165) is 0 Å². The van der Waals surface area contributed by atoms with Crippen molar-refractivity contribution >= 4 is 17.5 Å². The lowest BCUT2D eigenvalue weighted by Gasteiger charge is -2.23. The predicted molar refractivity (Wildman–Crippen MR) is 63.6 cm³/mol. The van der Waals surface area contributed by atoms with Gasteiger partial charge in [0.25, 0.3) is 0 Å². The Kier molecular flexibility index (Phi) is 4.18. The molecule has 0 saturated carbocycles. The lowest BCUT2D eigenvalue weighted by Crippen LogP contribution is -2.33. The van der Waals surface area contributed by atoms with Gasteiger partial charge in [-0.3, -0.25) is 0 Å². The predicted octanol–water partition coefficient (Wildman–Crippen LogP) is 1.92. The van der Waals surface area contributed by atoms with E-state index in [2.05, 4.69) is 15.3 Å². The molecule has 0 saturated heterocycles. The van der Waals surface area contributed by atoms with Crippen LogP contribution in [0, 0.1) is 0 Å². The molecule has 0 aliphatic heterocycles. The number of nitrogens with one attached hydrogen (secondary N) is 1. The van der Waals surface area contributed by atoms with Crippen molar-refractivity contribution in [3.63, 3.8) is 0 Å². The molecule has 1 aromatic heterocycles. The van der Waals surface area contributed by atoms with Crippen LogP contribution in [0.1, 0.15) is 13.8 Å². The minimum atomic E-state index is -0.293. The van der Waals surface area contributed by atoms with Gasteiger partial charge >= 0.3 is 0 Å². The Bertz CT molecular complexity index is 336. The van der Waals surface area contributed by atoms with Crippen molar-refractivity contribution in [3.05, 3.63) is 6.07 Å². The smallest absolute Gasteiger partial charge is 0.229 e. The van der Waals surface area contributed by atoms with Gasteiger partial charge < -0.3 is 14.8 Å². The van der Waals surface area contributed by atoms with Gasteiger partial charge in [0.15, 0.2) is 0 Å². The normalized spacial score (nSPS) is 11.1. The molecule has 0 fully saturated rings. The average molecular weight is 246 g/mol. The third-order valence-corrected chi connectivity index (χ3v) is 2.55. The lowest BCUT2D eigenvalue weighted by molar-refractivity contribution is 0.372. The molecule has 1 rings (SSSR count). The summed E-state index contributed by atoms with van der Waals surface area (Å²) in [5.74, 6) is 1.76. The molecule has 0 aromatic carbocycles. The van der Waals surface area contributed by atoms with Crippen LogP contribution in [0.5, 0.6) is 11.8 Å². The SMILES string of the molecule is COc1cc(OC)nc(NC(C)(C)CCl)n1. The number of ether oxygens (including phenoxy) is 2. The van der Waals surface area contributed by atoms with E-state index in [4.69, 9.17) is 21.1 Å². The first-order valence-corrected chi connectivity index (χ1v) is 5.35. The highest BCUT2D eigenvalue weighted by atomic mass is 35.5. The van der Waals surface area contributed by atoms with Gasteiger partial charge in [-0.05, 0) is 13.8 Å². The number of alkyl halides is 1. The zero-order valence-corrected chi connectivity index (χ0v) is 10.6. The summed E-state index contributed by atoms with van der Waals surface area (Å²) in [6, 6.07) is 1.61. The van der Waals surface area contributed by atoms with Gasteiger partial charge in [0.05, 0.1) is 20.3 Å². The van der Waals surface area contributed by atoms with E-state index in [1.165, 1.54) is 14.2 Å². The maximum absolute atomic E-state index is 5.81. The Morgan fingerprint density at radius 3 is 2.12 bits per heavy atom. The van der Waals surface area contributed by atoms with Crippen molar-refractivity contribution in [2.24, 2.45) is 0 Å². The highest BCUT2D eigenvalue weighted by Crippen LogP contribution is 2.20. The Morgan fingerprint density at radius 1 is 1.25 bits per heavy atom. The molecule has 0 aliphatic carbocycles. The van der Waals surface area contributed by atoms with Crippen molar-refractivity contribution in [3.8, 4) is 11.8 Å². The van der Waals surface area contributed by atoms with Crippen LogP contribution in [0.15, 0.2) is 6.07 Å². The zero-order chi connectivity index (χ0) is 12.2. The fourth-order valence-corrected chi connectivity index (χ4v) is 1.07. The number of anilines is 1. The Balaban J connectivity index is 2.95. The van der Waals surface area contributed by atoms with Crippen molar-refractivity contribution in [2.45, 2.75) is 19.4 Å². The molecule has 0 radical (unpaired) electrons. The molecule has 0 spiro atoms. The summed E-state index contributed by atoms with van der Waals surface area (Å²) >= 11 is 5.81. The molecule has 16 heavy (non-hydrogen) atoms. The topological polar surface area (TPSA) is 56.3 Å². The second kappa shape index (κ2) is 5.21. The molecule has 0 amide bonds. The Hall–Kier alpha value is -1.23. The van der Waals surface area contributed by atoms with E-state index >= 15 is 0 Å². The summed E-state index contributed by atoms with van der Waals surface area (Å²) < 4.78 is 10.1. The molecule has 6 heteroatoms. The van der Waals surface area contributed by atoms with E-state index in [9.17, 15) is 0 Å². The monoisotopic (exact) mass is 245 g/mol. The fourth-order valence-electron chi connectivity index (χ4n) is 1.01. The number of nitrogens with zero attached hydrogens (tertiary/aromatic N) is 2. The number of methoxy groups -OCH3 is 2. The maximum Gasteiger partial charge on any atom is 0.229 e. The van der Waals surface area contributed by atoms with Crippen LogP contribution in [0.2, 0.25) is 0 Å². The van der Waals surface area contributed by atoms with E-state index in [0.29, 0.717) is 23.6 Å². The molecule has 0 unspecified atom stereocenters. The minimum absolute atomic E-state index is 0.293. The van der Waals surface area contributed by atoms with Crippen molar-refractivity contribution in [1.82, 2.24) is 9.97 Å². The van der Waals surface area contributed by atoms with Crippen molar-refractivity contribution in [2.75, 3.05) is 25.4 Å². The minimum Gasteiger partial charge on any atom is -0.481 e. The highest BCUT2D eigenvalue weighted by Gasteiger charge is 2.18. The number of aromatic nitrogens is 2. The maximum atomic E-state index is 5.81. The van der Waals surface area contributed by atoms with Crippen LogP contribution in [-0.4, -0.2) is 35.6 Å². The Morgan fingerprint density at radius 2 is 1.75 bits per heavy atom. The summed E-state index contributed by atoms with van der Waals surface area (Å²) in [7, 11) is 3.08. The number of halogens is 1. The quantitative estimate of drug-likeness (QED) is 0.804. The zero-order valence-electron chi connectivity index (χ0n) is 9.87. The van der Waals surface area contributed by atoms with Crippen molar-refractivity contribution in [1.29, 1.82) is 0 Å². The van der Waals surface area contributed by atoms with Crippen LogP contribution in [-0.2, 0) is 0 Å². The molecule has 1 aromatic rings. The summed E-state index contributed by atoms with van der Waals surface area (Å²) in [6.45, 7) is 3.91. The molecule has 0 aliphatic rings. The first kappa shape index (κ1) is 12.8. The molecular formula is C10H16ClN3O2. The van der Waals surface area contributed by atoms with E-state index < -0.39 is 0 Å². The first-order chi connectivity index (χ1) is 7.50. The lowest BCUT2D eigenvalue weighted by atomic mass is 10.1. The third kappa shape index (κ3) is 3.41. The summed E-state index contributed by atoms with van der Waals surface area (Å²) in [5, 5.41) is 3.10. The second-order valence-electron chi connectivity index (χ2n) is 3.92. The molecule has 1 N–H and O–H groups in total. The molecule has 5 nitrogen and oxygen atoms in total. The largest absolute Gasteiger partial charge is 0.481 e. The van der Waals surface area contributed by atoms with Crippen molar-refractivity contribution < 1.29 is 9.47 Å². The van der Waals surface area contributed by atoms with Gasteiger partial charge in [-0.25, -0.2) is 0 Å². The van der Waals surface area contributed by atoms with Gasteiger partial charge in [-0.1, -0.05) is 0 Å². The van der Waals surface area contributed by atoms with Crippen LogP contribution in [0.25, 0.3) is 0 Å². The molecule has 0 bridgehead atoms. The van der Waals surface area contributed by atoms with Gasteiger partial charge in [-0.2, -0.15) is 9.97 Å². The molecule has 90 valence electrons. The number of hydrogen-bond acceptors (Lipinski definition) is 5. The van der Waals surface area contributed by atoms with Crippen LogP contribution < -0.4 is 14.8 Å². The highest BCUT2D eigenvalue weighted by molar-refractivity contribution is 6.18. The molecule has 1 heterocycles.